The van der Waals surface area contributed by atoms with Crippen molar-refractivity contribution in [2.45, 2.75) is 11.6 Å². The zero-order valence-electron chi connectivity index (χ0n) is 11.7. The number of carbonyl (C=O) groups excluding carboxylic acids is 1. The van der Waals surface area contributed by atoms with E-state index in [-0.39, 0.29) is 16.9 Å². The number of benzene rings is 2. The Morgan fingerprint density at radius 2 is 1.64 bits per heavy atom. The Labute approximate surface area is 126 Å². The minimum atomic E-state index is -3.12. The first-order chi connectivity index (χ1) is 10.4. The van der Waals surface area contributed by atoms with Gasteiger partial charge in [-0.3, -0.25) is 4.79 Å². The minimum absolute atomic E-state index is 0.00862. The highest BCUT2D eigenvalue weighted by molar-refractivity contribution is 6.05. The molecule has 6 heteroatoms. The van der Waals surface area contributed by atoms with Crippen molar-refractivity contribution in [3.05, 3.63) is 59.7 Å². The highest BCUT2D eigenvalue weighted by Gasteiger charge is 2.61. The van der Waals surface area contributed by atoms with Gasteiger partial charge in [0.25, 0.3) is 5.79 Å². The highest BCUT2D eigenvalue weighted by Crippen LogP contribution is 2.43. The maximum Gasteiger partial charge on any atom is 0.301 e. The summed E-state index contributed by atoms with van der Waals surface area (Å²) in [6, 6.07) is 11.8. The van der Waals surface area contributed by atoms with Gasteiger partial charge in [-0.25, -0.2) is 0 Å². The number of hydrogen-bond donors (Lipinski definition) is 3. The van der Waals surface area contributed by atoms with Gasteiger partial charge in [0.05, 0.1) is 12.7 Å². The Bertz CT molecular complexity index is 722. The Kier molecular flexibility index (Phi) is 3.17. The maximum absolute atomic E-state index is 12.3. The molecule has 0 saturated carbocycles. The molecule has 2 aromatic rings. The fraction of sp³-hybridized carbons (Fsp3) is 0.188. The molecule has 3 N–H and O–H groups in total. The van der Waals surface area contributed by atoms with Gasteiger partial charge in [-0.2, -0.15) is 0 Å². The second kappa shape index (κ2) is 4.81. The predicted molar refractivity (Wildman–Crippen MR) is 75.5 cm³/mol. The quantitative estimate of drug-likeness (QED) is 0.710. The summed E-state index contributed by atoms with van der Waals surface area (Å²) in [5.74, 6) is -6.19. The van der Waals surface area contributed by atoms with E-state index in [1.54, 1.807) is 12.1 Å². The van der Waals surface area contributed by atoms with Crippen molar-refractivity contribution >= 4 is 5.78 Å². The number of ether oxygens (including phenoxy) is 2. The monoisotopic (exact) mass is 302 g/mol. The Hall–Kier alpha value is -2.41. The molecule has 0 aliphatic carbocycles. The lowest BCUT2D eigenvalue weighted by Crippen LogP contribution is -2.62. The molecule has 2 aromatic carbocycles. The molecule has 0 bridgehead atoms. The largest absolute Gasteiger partial charge is 0.497 e. The number of aliphatic hydroxyl groups is 3. The van der Waals surface area contributed by atoms with Crippen LogP contribution in [0.25, 0.3) is 0 Å². The lowest BCUT2D eigenvalue weighted by molar-refractivity contribution is -0.328. The number of rotatable bonds is 2. The molecule has 0 saturated heterocycles. The topological polar surface area (TPSA) is 96.2 Å². The molecule has 1 aliphatic rings. The molecule has 0 radical (unpaired) electrons. The molecule has 0 spiro atoms. The van der Waals surface area contributed by atoms with Crippen LogP contribution in [-0.2, 0) is 5.79 Å². The SMILES string of the molecule is COc1ccc(C2(O)Oc3ccccc3C(=O)C2(O)O)cc1. The smallest absolute Gasteiger partial charge is 0.301 e. The summed E-state index contributed by atoms with van der Waals surface area (Å²) in [6.07, 6.45) is 0. The molecule has 1 heterocycles. The average Bonchev–Trinajstić information content (AvgIpc) is 2.53. The summed E-state index contributed by atoms with van der Waals surface area (Å²) in [6.45, 7) is 0. The van der Waals surface area contributed by atoms with E-state index >= 15 is 0 Å². The molecular weight excluding hydrogens is 288 g/mol. The predicted octanol–water partition coefficient (Wildman–Crippen LogP) is 0.796. The number of ketones is 1. The van der Waals surface area contributed by atoms with E-state index in [1.807, 2.05) is 0 Å². The fourth-order valence-electron chi connectivity index (χ4n) is 2.39. The first-order valence-electron chi connectivity index (χ1n) is 6.54. The molecule has 1 atom stereocenters. The number of para-hydroxylation sites is 1. The average molecular weight is 302 g/mol. The minimum Gasteiger partial charge on any atom is -0.497 e. The Morgan fingerprint density at radius 1 is 1.00 bits per heavy atom. The number of Topliss-reactive ketones (excluding diaryl/α,β-unsaturated/α-hetero) is 1. The highest BCUT2D eigenvalue weighted by atomic mass is 16.7. The van der Waals surface area contributed by atoms with Gasteiger partial charge in [0.1, 0.15) is 11.5 Å². The van der Waals surface area contributed by atoms with Crippen LogP contribution in [0.3, 0.4) is 0 Å². The second-order valence-electron chi connectivity index (χ2n) is 4.97. The van der Waals surface area contributed by atoms with Crippen LogP contribution < -0.4 is 9.47 Å². The van der Waals surface area contributed by atoms with E-state index in [1.165, 1.54) is 43.5 Å². The zero-order chi connectivity index (χ0) is 16.0. The van der Waals surface area contributed by atoms with Crippen LogP contribution in [0.15, 0.2) is 48.5 Å². The molecule has 1 aliphatic heterocycles. The van der Waals surface area contributed by atoms with E-state index in [0.29, 0.717) is 5.75 Å². The molecule has 114 valence electrons. The molecule has 1 unspecified atom stereocenters. The number of methoxy groups -OCH3 is 1. The molecule has 0 amide bonds. The molecular formula is C16H14O6. The standard InChI is InChI=1S/C16H14O6/c1-21-11-8-6-10(7-9-11)16(20)15(18,19)14(17)12-4-2-3-5-13(12)22-16/h2-9,18-20H,1H3. The van der Waals surface area contributed by atoms with Gasteiger partial charge in [0, 0.05) is 5.56 Å². The van der Waals surface area contributed by atoms with Crippen LogP contribution in [0.4, 0.5) is 0 Å². The third kappa shape index (κ3) is 1.89. The van der Waals surface area contributed by atoms with Gasteiger partial charge >= 0.3 is 5.79 Å². The third-order valence-electron chi connectivity index (χ3n) is 3.66. The van der Waals surface area contributed by atoms with E-state index in [0.717, 1.165) is 0 Å². The number of carbonyl (C=O) groups is 1. The van der Waals surface area contributed by atoms with Gasteiger partial charge in [-0.1, -0.05) is 12.1 Å². The van der Waals surface area contributed by atoms with E-state index in [2.05, 4.69) is 0 Å². The van der Waals surface area contributed by atoms with Crippen molar-refractivity contribution in [1.29, 1.82) is 0 Å². The third-order valence-corrected chi connectivity index (χ3v) is 3.66. The van der Waals surface area contributed by atoms with Crippen LogP contribution in [0.5, 0.6) is 11.5 Å². The van der Waals surface area contributed by atoms with Crippen LogP contribution in [0.1, 0.15) is 15.9 Å². The summed E-state index contributed by atoms with van der Waals surface area (Å²) < 4.78 is 10.4. The Balaban J connectivity index is 2.14. The van der Waals surface area contributed by atoms with Crippen LogP contribution in [-0.4, -0.2) is 34.0 Å². The van der Waals surface area contributed by atoms with Gasteiger partial charge in [-0.05, 0) is 36.4 Å². The molecule has 0 aromatic heterocycles. The summed E-state index contributed by atoms with van der Waals surface area (Å²) in [4.78, 5) is 12.3. The van der Waals surface area contributed by atoms with Gasteiger partial charge < -0.3 is 24.8 Å². The van der Waals surface area contributed by atoms with E-state index < -0.39 is 17.4 Å². The summed E-state index contributed by atoms with van der Waals surface area (Å²) in [7, 11) is 1.48. The normalized spacial score (nSPS) is 22.6. The number of fused-ring (bicyclic) bond motifs is 1. The lowest BCUT2D eigenvalue weighted by atomic mass is 9.87. The van der Waals surface area contributed by atoms with Crippen molar-refractivity contribution in [2.75, 3.05) is 7.11 Å². The van der Waals surface area contributed by atoms with Crippen LogP contribution in [0, 0.1) is 0 Å². The zero-order valence-corrected chi connectivity index (χ0v) is 11.7. The lowest BCUT2D eigenvalue weighted by Gasteiger charge is -2.42. The van der Waals surface area contributed by atoms with Gasteiger partial charge in [0.2, 0.25) is 5.78 Å². The van der Waals surface area contributed by atoms with Crippen molar-refractivity contribution in [3.8, 4) is 11.5 Å². The summed E-state index contributed by atoms with van der Waals surface area (Å²) in [5, 5.41) is 31.0. The molecule has 3 rings (SSSR count). The maximum atomic E-state index is 12.3. The van der Waals surface area contributed by atoms with E-state index in [4.69, 9.17) is 9.47 Å². The molecule has 22 heavy (non-hydrogen) atoms. The first-order valence-corrected chi connectivity index (χ1v) is 6.54. The summed E-state index contributed by atoms with van der Waals surface area (Å²) >= 11 is 0. The second-order valence-corrected chi connectivity index (χ2v) is 4.97. The van der Waals surface area contributed by atoms with Crippen LogP contribution >= 0.6 is 0 Å². The fourth-order valence-corrected chi connectivity index (χ4v) is 2.39. The molecule has 0 fully saturated rings. The van der Waals surface area contributed by atoms with Gasteiger partial charge in [0.15, 0.2) is 0 Å². The summed E-state index contributed by atoms with van der Waals surface area (Å²) in [5.41, 5.74) is 0.00633. The van der Waals surface area contributed by atoms with E-state index in [9.17, 15) is 20.1 Å². The first kappa shape index (κ1) is 14.5. The van der Waals surface area contributed by atoms with Crippen molar-refractivity contribution in [1.82, 2.24) is 0 Å². The van der Waals surface area contributed by atoms with Crippen molar-refractivity contribution in [2.24, 2.45) is 0 Å². The molecule has 6 nitrogen and oxygen atoms in total. The van der Waals surface area contributed by atoms with Crippen molar-refractivity contribution < 1.29 is 29.6 Å². The van der Waals surface area contributed by atoms with Gasteiger partial charge in [-0.15, -0.1) is 0 Å². The number of hydrogen-bond acceptors (Lipinski definition) is 6. The van der Waals surface area contributed by atoms with Crippen LogP contribution in [0.2, 0.25) is 0 Å². The van der Waals surface area contributed by atoms with Crippen molar-refractivity contribution in [3.63, 3.8) is 0 Å². The Morgan fingerprint density at radius 3 is 2.27 bits per heavy atom.